The minimum atomic E-state index is 0. The lowest BCUT2D eigenvalue weighted by Crippen LogP contribution is -2.52. The van der Waals surface area contributed by atoms with Gasteiger partial charge in [-0.1, -0.05) is 18.2 Å². The second kappa shape index (κ2) is 7.77. The third-order valence-electron chi connectivity index (χ3n) is 3.90. The molecule has 1 aliphatic heterocycles. The quantitative estimate of drug-likeness (QED) is 0.867. The Balaban J connectivity index is 0.00000121. The number of fused-ring (bicyclic) bond motifs is 1. The Bertz CT molecular complexity index is 663. The number of nitrogens with one attached hydrogen (secondary N) is 1. The molecule has 0 aliphatic carbocycles. The first kappa shape index (κ1) is 18.7. The molecule has 3 rings (SSSR count). The molecule has 2 heterocycles. The number of benzene rings is 1. The van der Waals surface area contributed by atoms with Gasteiger partial charge in [0, 0.05) is 31.1 Å². The van der Waals surface area contributed by atoms with E-state index in [1.165, 1.54) is 0 Å². The van der Waals surface area contributed by atoms with E-state index in [0.717, 1.165) is 36.1 Å². The molecule has 1 saturated heterocycles. The van der Waals surface area contributed by atoms with Gasteiger partial charge in [-0.15, -0.1) is 24.8 Å². The molecule has 2 aromatic rings. The van der Waals surface area contributed by atoms with Crippen molar-refractivity contribution in [2.45, 2.75) is 19.9 Å². The number of carbonyl (C=O) groups excluding carboxylic acids is 1. The third-order valence-corrected chi connectivity index (χ3v) is 3.90. The highest BCUT2D eigenvalue weighted by molar-refractivity contribution is 5.96. The van der Waals surface area contributed by atoms with Crippen LogP contribution in [0.15, 0.2) is 30.3 Å². The average molecular weight is 342 g/mol. The monoisotopic (exact) mass is 341 g/mol. The topological polar surface area (TPSA) is 45.2 Å². The fourth-order valence-corrected chi connectivity index (χ4v) is 2.75. The van der Waals surface area contributed by atoms with Crippen molar-refractivity contribution in [3.63, 3.8) is 0 Å². The highest BCUT2D eigenvalue weighted by Crippen LogP contribution is 2.19. The first-order valence-corrected chi connectivity index (χ1v) is 7.05. The summed E-state index contributed by atoms with van der Waals surface area (Å²) in [6.45, 7) is 6.54. The van der Waals surface area contributed by atoms with Crippen molar-refractivity contribution < 1.29 is 4.79 Å². The summed E-state index contributed by atoms with van der Waals surface area (Å²) in [5, 5.41) is 4.41. The Morgan fingerprint density at radius 2 is 2.05 bits per heavy atom. The van der Waals surface area contributed by atoms with Gasteiger partial charge in [-0.2, -0.15) is 0 Å². The smallest absolute Gasteiger partial charge is 0.272 e. The number of hydrogen-bond donors (Lipinski definition) is 1. The molecule has 0 spiro atoms. The Morgan fingerprint density at radius 3 is 2.77 bits per heavy atom. The molecule has 22 heavy (non-hydrogen) atoms. The van der Waals surface area contributed by atoms with Crippen LogP contribution in [0.5, 0.6) is 0 Å². The zero-order valence-corrected chi connectivity index (χ0v) is 14.3. The number of halogens is 2. The van der Waals surface area contributed by atoms with E-state index in [4.69, 9.17) is 0 Å². The van der Waals surface area contributed by atoms with Crippen LogP contribution in [0.25, 0.3) is 10.9 Å². The first-order chi connectivity index (χ1) is 9.66. The summed E-state index contributed by atoms with van der Waals surface area (Å²) >= 11 is 0. The number of rotatable bonds is 1. The minimum Gasteiger partial charge on any atom is -0.332 e. The Hall–Kier alpha value is -1.36. The number of hydrogen-bond acceptors (Lipinski definition) is 3. The normalized spacial score (nSPS) is 17.5. The van der Waals surface area contributed by atoms with E-state index in [0.29, 0.717) is 5.69 Å². The second-order valence-electron chi connectivity index (χ2n) is 5.39. The molecule has 120 valence electrons. The Labute approximate surface area is 143 Å². The van der Waals surface area contributed by atoms with Crippen LogP contribution in [0.2, 0.25) is 0 Å². The van der Waals surface area contributed by atoms with E-state index in [-0.39, 0.29) is 36.8 Å². The van der Waals surface area contributed by atoms with Crippen LogP contribution in [0, 0.1) is 6.92 Å². The molecule has 0 radical (unpaired) electrons. The maximum absolute atomic E-state index is 12.6. The van der Waals surface area contributed by atoms with E-state index in [9.17, 15) is 4.79 Å². The van der Waals surface area contributed by atoms with E-state index >= 15 is 0 Å². The van der Waals surface area contributed by atoms with Gasteiger partial charge < -0.3 is 10.2 Å². The summed E-state index contributed by atoms with van der Waals surface area (Å²) in [6.07, 6.45) is 0. The molecule has 1 aliphatic rings. The van der Waals surface area contributed by atoms with Crippen molar-refractivity contribution in [2.75, 3.05) is 19.6 Å². The summed E-state index contributed by atoms with van der Waals surface area (Å²) in [5.41, 5.74) is 2.54. The molecule has 1 N–H and O–H groups in total. The van der Waals surface area contributed by atoms with Crippen LogP contribution in [0.3, 0.4) is 0 Å². The van der Waals surface area contributed by atoms with Crippen molar-refractivity contribution in [1.82, 2.24) is 15.2 Å². The molecule has 0 bridgehead atoms. The van der Waals surface area contributed by atoms with Crippen molar-refractivity contribution in [3.05, 3.63) is 41.6 Å². The zero-order valence-electron chi connectivity index (χ0n) is 12.7. The summed E-state index contributed by atoms with van der Waals surface area (Å²) in [4.78, 5) is 19.1. The largest absolute Gasteiger partial charge is 0.332 e. The van der Waals surface area contributed by atoms with Gasteiger partial charge >= 0.3 is 0 Å². The molecule has 1 atom stereocenters. The Morgan fingerprint density at radius 1 is 1.32 bits per heavy atom. The van der Waals surface area contributed by atoms with Gasteiger partial charge in [0.1, 0.15) is 5.69 Å². The lowest BCUT2D eigenvalue weighted by Gasteiger charge is -2.33. The SMILES string of the molecule is Cc1cc(C(=O)N2CCNCC2C)nc2ccccc12.Cl.Cl. The van der Waals surface area contributed by atoms with Crippen molar-refractivity contribution >= 4 is 41.6 Å². The maximum Gasteiger partial charge on any atom is 0.272 e. The molecule has 4 nitrogen and oxygen atoms in total. The van der Waals surface area contributed by atoms with Gasteiger partial charge in [-0.25, -0.2) is 4.98 Å². The van der Waals surface area contributed by atoms with Crippen LogP contribution in [-0.2, 0) is 0 Å². The predicted octanol–water partition coefficient (Wildman–Crippen LogP) is 2.82. The number of amides is 1. The predicted molar refractivity (Wildman–Crippen MR) is 94.3 cm³/mol. The van der Waals surface area contributed by atoms with Crippen molar-refractivity contribution in [2.24, 2.45) is 0 Å². The number of aromatic nitrogens is 1. The summed E-state index contributed by atoms with van der Waals surface area (Å²) in [5.74, 6) is 0.0350. The second-order valence-corrected chi connectivity index (χ2v) is 5.39. The van der Waals surface area contributed by atoms with E-state index < -0.39 is 0 Å². The van der Waals surface area contributed by atoms with Crippen LogP contribution in [0.4, 0.5) is 0 Å². The van der Waals surface area contributed by atoms with E-state index in [1.54, 1.807) is 0 Å². The van der Waals surface area contributed by atoms with Gasteiger partial charge in [0.15, 0.2) is 0 Å². The zero-order chi connectivity index (χ0) is 14.1. The number of piperazine rings is 1. The molecular weight excluding hydrogens is 321 g/mol. The lowest BCUT2D eigenvalue weighted by atomic mass is 10.1. The lowest BCUT2D eigenvalue weighted by molar-refractivity contribution is 0.0650. The number of pyridine rings is 1. The summed E-state index contributed by atoms with van der Waals surface area (Å²) in [7, 11) is 0. The third kappa shape index (κ3) is 3.51. The number of aryl methyl sites for hydroxylation is 1. The van der Waals surface area contributed by atoms with Crippen LogP contribution < -0.4 is 5.32 Å². The van der Waals surface area contributed by atoms with Gasteiger partial charge in [0.25, 0.3) is 5.91 Å². The van der Waals surface area contributed by atoms with Crippen LogP contribution in [-0.4, -0.2) is 41.5 Å². The molecule has 6 heteroatoms. The highest BCUT2D eigenvalue weighted by Gasteiger charge is 2.25. The maximum atomic E-state index is 12.6. The molecule has 1 aromatic heterocycles. The molecule has 0 saturated carbocycles. The molecule has 1 fully saturated rings. The van der Waals surface area contributed by atoms with Gasteiger partial charge in [-0.3, -0.25) is 4.79 Å². The molecule has 1 aromatic carbocycles. The van der Waals surface area contributed by atoms with Gasteiger partial charge in [-0.05, 0) is 31.5 Å². The number of nitrogens with zero attached hydrogens (tertiary/aromatic N) is 2. The minimum absolute atomic E-state index is 0. The molecule has 1 unspecified atom stereocenters. The van der Waals surface area contributed by atoms with Crippen LogP contribution >= 0.6 is 24.8 Å². The molecule has 1 amide bonds. The van der Waals surface area contributed by atoms with Crippen molar-refractivity contribution in [1.29, 1.82) is 0 Å². The van der Waals surface area contributed by atoms with E-state index in [1.807, 2.05) is 42.2 Å². The van der Waals surface area contributed by atoms with Gasteiger partial charge in [0.05, 0.1) is 5.52 Å². The average Bonchev–Trinajstić information content (AvgIpc) is 2.47. The van der Waals surface area contributed by atoms with Crippen LogP contribution in [0.1, 0.15) is 23.0 Å². The molecular formula is C16H21Cl2N3O. The number of para-hydroxylation sites is 1. The summed E-state index contributed by atoms with van der Waals surface area (Å²) in [6, 6.07) is 10.1. The van der Waals surface area contributed by atoms with Gasteiger partial charge in [0.2, 0.25) is 0 Å². The standard InChI is InChI=1S/C16H19N3O.2ClH/c1-11-9-15(18-14-6-4-3-5-13(11)14)16(20)19-8-7-17-10-12(19)2;;/h3-6,9,12,17H,7-8,10H2,1-2H3;2*1H. The van der Waals surface area contributed by atoms with Crippen molar-refractivity contribution in [3.8, 4) is 0 Å². The summed E-state index contributed by atoms with van der Waals surface area (Å²) < 4.78 is 0. The number of carbonyl (C=O) groups is 1. The fraction of sp³-hybridized carbons (Fsp3) is 0.375. The Kier molecular flexibility index (Phi) is 6.60. The van der Waals surface area contributed by atoms with E-state index in [2.05, 4.69) is 17.2 Å². The fourth-order valence-electron chi connectivity index (χ4n) is 2.75. The highest BCUT2D eigenvalue weighted by atomic mass is 35.5. The first-order valence-electron chi connectivity index (χ1n) is 7.05.